The molecule has 0 radical (unpaired) electrons. The molecule has 0 aromatic carbocycles. The summed E-state index contributed by atoms with van der Waals surface area (Å²) >= 11 is 3.40. The molecule has 0 unspecified atom stereocenters. The number of nitrogens with zero attached hydrogens (tertiary/aromatic N) is 3. The van der Waals surface area contributed by atoms with Crippen molar-refractivity contribution in [3.63, 3.8) is 0 Å². The summed E-state index contributed by atoms with van der Waals surface area (Å²) in [6.07, 6.45) is 6.88. The molecule has 0 aliphatic carbocycles. The summed E-state index contributed by atoms with van der Waals surface area (Å²) in [5.74, 6) is -0.147. The smallest absolute Gasteiger partial charge is 0.178 e. The number of hydrogen-bond donors (Lipinski definition) is 0. The van der Waals surface area contributed by atoms with E-state index in [1.165, 1.54) is 0 Å². The molecular weight excluding hydrogens is 426 g/mol. The first-order valence-electron chi connectivity index (χ1n) is 8.71. The first-order valence-corrected chi connectivity index (χ1v) is 11.9. The van der Waals surface area contributed by atoms with Gasteiger partial charge < -0.3 is 0 Å². The number of allylic oxidation sites excluding steroid dienone is 2. The van der Waals surface area contributed by atoms with Gasteiger partial charge in [0, 0.05) is 23.3 Å². The molecule has 2 aromatic heterocycles. The molecule has 0 fully saturated rings. The van der Waals surface area contributed by atoms with E-state index in [1.54, 1.807) is 23.4 Å². The number of aromatic nitrogens is 3. The van der Waals surface area contributed by atoms with Crippen molar-refractivity contribution in [3.05, 3.63) is 29.0 Å². The summed E-state index contributed by atoms with van der Waals surface area (Å²) in [6.45, 7) is 11.6. The Kier molecular flexibility index (Phi) is 5.79. The van der Waals surface area contributed by atoms with Gasteiger partial charge >= 0.3 is 0 Å². The van der Waals surface area contributed by atoms with E-state index in [1.807, 2.05) is 59.8 Å². The second-order valence-corrected chi connectivity index (χ2v) is 12.8. The molecule has 0 saturated heterocycles. The van der Waals surface area contributed by atoms with Crippen LogP contribution in [0.2, 0.25) is 0 Å². The van der Waals surface area contributed by atoms with Crippen molar-refractivity contribution in [1.29, 1.82) is 0 Å². The van der Waals surface area contributed by atoms with Gasteiger partial charge in [-0.1, -0.05) is 47.6 Å². The average Bonchev–Trinajstić information content (AvgIpc) is 2.85. The Morgan fingerprint density at radius 1 is 1.15 bits per heavy atom. The van der Waals surface area contributed by atoms with Crippen LogP contribution in [-0.2, 0) is 14.3 Å². The van der Waals surface area contributed by atoms with Gasteiger partial charge in [-0.05, 0) is 43.0 Å². The molecule has 2 rings (SSSR count). The van der Waals surface area contributed by atoms with Crippen LogP contribution in [-0.4, -0.2) is 42.1 Å². The summed E-state index contributed by atoms with van der Waals surface area (Å²) in [5, 5.41) is 5.33. The van der Waals surface area contributed by atoms with Crippen LogP contribution in [0.4, 0.5) is 0 Å². The largest absolute Gasteiger partial charge is 0.293 e. The Hall–Kier alpha value is -1.47. The predicted molar refractivity (Wildman–Crippen MR) is 118 cm³/mol. The van der Waals surface area contributed by atoms with Gasteiger partial charge in [-0.3, -0.25) is 9.00 Å². The molecule has 0 N–H and O–H groups in total. The van der Waals surface area contributed by atoms with Gasteiger partial charge in [0.15, 0.2) is 11.4 Å². The number of ketones is 1. The molecular formula is C20H28BrN3O2S. The van der Waals surface area contributed by atoms with Crippen molar-refractivity contribution in [2.75, 3.05) is 12.5 Å². The monoisotopic (exact) mass is 453 g/mol. The molecule has 0 amide bonds. The molecule has 27 heavy (non-hydrogen) atoms. The quantitative estimate of drug-likeness (QED) is 0.392. The zero-order chi connectivity index (χ0) is 20.8. The van der Waals surface area contributed by atoms with E-state index in [0.29, 0.717) is 20.8 Å². The third-order valence-corrected chi connectivity index (χ3v) is 5.61. The summed E-state index contributed by atoms with van der Waals surface area (Å²) in [4.78, 5) is 18.1. The van der Waals surface area contributed by atoms with E-state index >= 15 is 0 Å². The Balaban J connectivity index is 2.95. The lowest BCUT2D eigenvalue weighted by Gasteiger charge is -2.24. The van der Waals surface area contributed by atoms with Crippen LogP contribution in [0.15, 0.2) is 29.0 Å². The molecule has 7 heteroatoms. The third-order valence-electron chi connectivity index (χ3n) is 3.79. The number of fused-ring (bicyclic) bond motifs is 1. The Morgan fingerprint density at radius 2 is 1.74 bits per heavy atom. The zero-order valence-corrected chi connectivity index (χ0v) is 19.7. The molecule has 5 nitrogen and oxygen atoms in total. The first kappa shape index (κ1) is 21.8. The topological polar surface area (TPSA) is 64.8 Å². The fraction of sp³-hybridized carbons (Fsp3) is 0.500. The predicted octanol–water partition coefficient (Wildman–Crippen LogP) is 4.41. The molecule has 0 spiro atoms. The van der Waals surface area contributed by atoms with E-state index in [4.69, 9.17) is 0 Å². The van der Waals surface area contributed by atoms with E-state index in [0.717, 1.165) is 5.39 Å². The molecule has 0 bridgehead atoms. The van der Waals surface area contributed by atoms with Crippen molar-refractivity contribution >= 4 is 52.8 Å². The lowest BCUT2D eigenvalue weighted by atomic mass is 9.86. The number of Topliss-reactive ketones (excluding diaryl/α,β-unsaturated/α-hetero) is 1. The van der Waals surface area contributed by atoms with Crippen LogP contribution in [0.1, 0.15) is 41.5 Å². The Morgan fingerprint density at radius 3 is 2.22 bits per heavy atom. The van der Waals surface area contributed by atoms with E-state index in [2.05, 4.69) is 26.0 Å². The highest BCUT2D eigenvalue weighted by molar-refractivity contribution is 9.10. The second kappa shape index (κ2) is 7.17. The number of carbonyl (C=O) groups is 1. The fourth-order valence-corrected chi connectivity index (χ4v) is 4.32. The molecule has 148 valence electrons. The minimum Gasteiger partial charge on any atom is -0.293 e. The highest BCUT2D eigenvalue weighted by Crippen LogP contribution is 2.28. The molecule has 0 saturated carbocycles. The summed E-state index contributed by atoms with van der Waals surface area (Å²) in [6, 6.07) is 3.75. The summed E-state index contributed by atoms with van der Waals surface area (Å²) < 4.78 is 15.5. The van der Waals surface area contributed by atoms with Crippen molar-refractivity contribution in [3.8, 4) is 0 Å². The minimum atomic E-state index is -2.58. The maximum Gasteiger partial charge on any atom is 0.178 e. The summed E-state index contributed by atoms with van der Waals surface area (Å²) in [7, 11) is -2.58. The standard InChI is InChI=1S/C20H28BrN3O2S/c1-19(2,3)11-14(16(27(7,8)26)17(25)20(4,5)6)24-18-13(12-22-24)9-10-15(21)23-18/h9-12H,1-8H3/b14-11+. The van der Waals surface area contributed by atoms with Crippen molar-refractivity contribution < 1.29 is 9.00 Å². The maximum absolute atomic E-state index is 13.3. The lowest BCUT2D eigenvalue weighted by molar-refractivity contribution is -0.119. The maximum atomic E-state index is 13.3. The van der Waals surface area contributed by atoms with Gasteiger partial charge in [-0.15, -0.1) is 0 Å². The molecule has 0 aliphatic rings. The normalized spacial score (nSPS) is 13.9. The second-order valence-electron chi connectivity index (χ2n) is 9.14. The SMILES string of the molecule is CC(C)(C)/C=C(\C(C(=O)C(C)(C)C)=S(C)(C)=O)n1ncc2ccc(Br)nc21. The highest BCUT2D eigenvalue weighted by atomic mass is 79.9. The van der Waals surface area contributed by atoms with E-state index < -0.39 is 14.9 Å². The van der Waals surface area contributed by atoms with E-state index in [-0.39, 0.29) is 11.2 Å². The highest BCUT2D eigenvalue weighted by Gasteiger charge is 2.33. The van der Waals surface area contributed by atoms with Crippen molar-refractivity contribution in [1.82, 2.24) is 14.8 Å². The Bertz CT molecular complexity index is 1040. The first-order chi connectivity index (χ1) is 12.1. The Labute approximate surface area is 170 Å². The summed E-state index contributed by atoms with van der Waals surface area (Å²) in [5.41, 5.74) is 0.229. The number of halogens is 1. The number of pyridine rings is 1. The number of rotatable bonds is 3. The van der Waals surface area contributed by atoms with Crippen molar-refractivity contribution in [2.24, 2.45) is 10.8 Å². The van der Waals surface area contributed by atoms with Crippen LogP contribution < -0.4 is 0 Å². The van der Waals surface area contributed by atoms with Gasteiger partial charge in [0.05, 0.1) is 16.8 Å². The zero-order valence-electron chi connectivity index (χ0n) is 17.3. The molecule has 2 heterocycles. The minimum absolute atomic E-state index is 0.147. The van der Waals surface area contributed by atoms with Gasteiger partial charge in [-0.25, -0.2) is 9.67 Å². The van der Waals surface area contributed by atoms with Crippen LogP contribution >= 0.6 is 15.9 Å². The number of carbonyl (C=O) groups excluding carboxylic acids is 1. The lowest BCUT2D eigenvalue weighted by Crippen LogP contribution is -2.35. The average molecular weight is 454 g/mol. The van der Waals surface area contributed by atoms with Crippen LogP contribution in [0.3, 0.4) is 0 Å². The van der Waals surface area contributed by atoms with Gasteiger partial charge in [0.2, 0.25) is 0 Å². The third kappa shape index (κ3) is 5.08. The molecule has 2 aromatic rings. The van der Waals surface area contributed by atoms with Gasteiger partial charge in [0.1, 0.15) is 4.60 Å². The van der Waals surface area contributed by atoms with Gasteiger partial charge in [-0.2, -0.15) is 5.10 Å². The molecule has 0 atom stereocenters. The molecule has 0 aliphatic heterocycles. The fourth-order valence-electron chi connectivity index (χ4n) is 2.62. The number of hydrogen-bond acceptors (Lipinski definition) is 4. The van der Waals surface area contributed by atoms with Crippen LogP contribution in [0.25, 0.3) is 16.7 Å². The van der Waals surface area contributed by atoms with E-state index in [9.17, 15) is 9.00 Å². The van der Waals surface area contributed by atoms with Gasteiger partial charge in [0.25, 0.3) is 0 Å². The van der Waals surface area contributed by atoms with Crippen molar-refractivity contribution in [2.45, 2.75) is 41.5 Å². The van der Waals surface area contributed by atoms with Crippen LogP contribution in [0, 0.1) is 10.8 Å². The van der Waals surface area contributed by atoms with Crippen LogP contribution in [0.5, 0.6) is 0 Å².